The van der Waals surface area contributed by atoms with Crippen molar-refractivity contribution in [1.29, 1.82) is 0 Å². The van der Waals surface area contributed by atoms with E-state index in [2.05, 4.69) is 4.98 Å². The van der Waals surface area contributed by atoms with Crippen molar-refractivity contribution in [1.82, 2.24) is 4.98 Å². The number of carbonyl (C=O) groups is 1. The van der Waals surface area contributed by atoms with Gasteiger partial charge in [-0.1, -0.05) is 0 Å². The van der Waals surface area contributed by atoms with Gasteiger partial charge in [0.1, 0.15) is 0 Å². The van der Waals surface area contributed by atoms with Crippen molar-refractivity contribution in [3.63, 3.8) is 0 Å². The lowest BCUT2D eigenvalue weighted by atomic mass is 10.2. The van der Waals surface area contributed by atoms with Crippen LogP contribution in [0.5, 0.6) is 0 Å². The Balaban J connectivity index is 2.17. The van der Waals surface area contributed by atoms with Crippen molar-refractivity contribution in [3.8, 4) is 0 Å². The van der Waals surface area contributed by atoms with Gasteiger partial charge >= 0.3 is 5.97 Å². The number of hydrogen-bond donors (Lipinski definition) is 2. The zero-order valence-corrected chi connectivity index (χ0v) is 9.31. The number of rotatable bonds is 3. The highest BCUT2D eigenvalue weighted by atomic mass is 32.1. The third-order valence-electron chi connectivity index (χ3n) is 2.40. The molecule has 1 saturated heterocycles. The zero-order valence-electron chi connectivity index (χ0n) is 8.50. The molecule has 0 saturated carbocycles. The number of aromatic carboxylic acids is 1. The fourth-order valence-corrected chi connectivity index (χ4v) is 2.45. The largest absolute Gasteiger partial charge is 0.476 e. The van der Waals surface area contributed by atoms with Crippen molar-refractivity contribution in [2.45, 2.75) is 6.04 Å². The predicted molar refractivity (Wildman–Crippen MR) is 58.1 cm³/mol. The molecule has 1 unspecified atom stereocenters. The highest BCUT2D eigenvalue weighted by Crippen LogP contribution is 2.24. The molecule has 1 aromatic rings. The number of hydrogen-bond acceptors (Lipinski definition) is 6. The van der Waals surface area contributed by atoms with Gasteiger partial charge in [-0.05, 0) is 0 Å². The van der Waals surface area contributed by atoms with Crippen LogP contribution in [0, 0.1) is 0 Å². The standard InChI is InChI=1S/C9H12N2O4S/c12-3-6-4-15-2-1-11(6)9-10-7(5-16-9)8(13)14/h5-6,12H,1-4H2,(H,13,14). The molecule has 88 valence electrons. The minimum atomic E-state index is -1.03. The van der Waals surface area contributed by atoms with Crippen LogP contribution < -0.4 is 4.90 Å². The van der Waals surface area contributed by atoms with Crippen LogP contribution in [-0.4, -0.2) is 53.6 Å². The van der Waals surface area contributed by atoms with Crippen molar-refractivity contribution in [2.75, 3.05) is 31.3 Å². The third kappa shape index (κ3) is 2.16. The van der Waals surface area contributed by atoms with Crippen LogP contribution in [0.2, 0.25) is 0 Å². The first-order valence-corrected chi connectivity index (χ1v) is 5.74. The molecule has 2 heterocycles. The maximum Gasteiger partial charge on any atom is 0.355 e. The SMILES string of the molecule is O=C(O)c1csc(N2CCOCC2CO)n1. The lowest BCUT2D eigenvalue weighted by Crippen LogP contribution is -2.47. The Labute approximate surface area is 96.1 Å². The van der Waals surface area contributed by atoms with Crippen molar-refractivity contribution in [2.24, 2.45) is 0 Å². The number of aromatic nitrogens is 1. The van der Waals surface area contributed by atoms with Gasteiger partial charge < -0.3 is 19.8 Å². The van der Waals surface area contributed by atoms with E-state index in [9.17, 15) is 9.90 Å². The van der Waals surface area contributed by atoms with Crippen LogP contribution >= 0.6 is 11.3 Å². The molecule has 0 radical (unpaired) electrons. The Morgan fingerprint density at radius 2 is 2.56 bits per heavy atom. The second-order valence-electron chi connectivity index (χ2n) is 3.43. The smallest absolute Gasteiger partial charge is 0.355 e. The maximum absolute atomic E-state index is 10.7. The second-order valence-corrected chi connectivity index (χ2v) is 4.26. The molecular weight excluding hydrogens is 232 g/mol. The minimum Gasteiger partial charge on any atom is -0.476 e. The quantitative estimate of drug-likeness (QED) is 0.781. The first kappa shape index (κ1) is 11.3. The van der Waals surface area contributed by atoms with Gasteiger partial charge in [0.05, 0.1) is 25.9 Å². The number of thiazole rings is 1. The van der Waals surface area contributed by atoms with Crippen LogP contribution in [-0.2, 0) is 4.74 Å². The van der Waals surface area contributed by atoms with E-state index in [1.165, 1.54) is 16.7 Å². The predicted octanol–water partition coefficient (Wildman–Crippen LogP) is 0.0388. The molecule has 1 fully saturated rings. The number of aliphatic hydroxyl groups is 1. The number of aliphatic hydroxyl groups excluding tert-OH is 1. The molecule has 1 aliphatic heterocycles. The van der Waals surface area contributed by atoms with Gasteiger partial charge in [-0.25, -0.2) is 9.78 Å². The van der Waals surface area contributed by atoms with E-state index in [-0.39, 0.29) is 18.3 Å². The molecule has 2 N–H and O–H groups in total. The highest BCUT2D eigenvalue weighted by Gasteiger charge is 2.25. The average molecular weight is 244 g/mol. The van der Waals surface area contributed by atoms with Crippen molar-refractivity contribution >= 4 is 22.4 Å². The van der Waals surface area contributed by atoms with Crippen LogP contribution in [0.15, 0.2) is 5.38 Å². The highest BCUT2D eigenvalue weighted by molar-refractivity contribution is 7.13. The molecule has 1 aliphatic rings. The van der Waals surface area contributed by atoms with E-state index in [0.29, 0.717) is 24.9 Å². The monoisotopic (exact) mass is 244 g/mol. The summed E-state index contributed by atoms with van der Waals surface area (Å²) >= 11 is 1.27. The molecule has 6 nitrogen and oxygen atoms in total. The summed E-state index contributed by atoms with van der Waals surface area (Å²) in [6.45, 7) is 1.61. The first-order chi connectivity index (χ1) is 7.72. The number of ether oxygens (including phenoxy) is 1. The summed E-state index contributed by atoms with van der Waals surface area (Å²) in [5.74, 6) is -1.03. The fourth-order valence-electron chi connectivity index (χ4n) is 1.55. The summed E-state index contributed by atoms with van der Waals surface area (Å²) in [4.78, 5) is 16.6. The Morgan fingerprint density at radius 3 is 3.19 bits per heavy atom. The summed E-state index contributed by atoms with van der Waals surface area (Å²) in [6, 6.07) is -0.137. The molecule has 7 heteroatoms. The number of nitrogens with zero attached hydrogens (tertiary/aromatic N) is 2. The van der Waals surface area contributed by atoms with Gasteiger partial charge in [0.25, 0.3) is 0 Å². The van der Waals surface area contributed by atoms with E-state index in [1.807, 2.05) is 4.90 Å². The van der Waals surface area contributed by atoms with Gasteiger partial charge in [0.2, 0.25) is 0 Å². The second kappa shape index (κ2) is 4.77. The third-order valence-corrected chi connectivity index (χ3v) is 3.27. The molecular formula is C9H12N2O4S. The van der Waals surface area contributed by atoms with E-state index in [0.717, 1.165) is 0 Å². The number of carboxylic acid groups (broad SMARTS) is 1. The van der Waals surface area contributed by atoms with Gasteiger partial charge in [-0.3, -0.25) is 0 Å². The first-order valence-electron chi connectivity index (χ1n) is 4.86. The lowest BCUT2D eigenvalue weighted by molar-refractivity contribution is 0.0690. The topological polar surface area (TPSA) is 82.9 Å². The molecule has 1 atom stereocenters. The van der Waals surface area contributed by atoms with E-state index in [1.54, 1.807) is 0 Å². The maximum atomic E-state index is 10.7. The molecule has 1 aromatic heterocycles. The van der Waals surface area contributed by atoms with Crippen LogP contribution in [0.3, 0.4) is 0 Å². The van der Waals surface area contributed by atoms with Crippen molar-refractivity contribution in [3.05, 3.63) is 11.1 Å². The fraction of sp³-hybridized carbons (Fsp3) is 0.556. The Bertz CT molecular complexity index is 381. The van der Waals surface area contributed by atoms with Crippen LogP contribution in [0.25, 0.3) is 0 Å². The normalized spacial score (nSPS) is 21.1. The van der Waals surface area contributed by atoms with Gasteiger partial charge in [-0.2, -0.15) is 0 Å². The van der Waals surface area contributed by atoms with Crippen molar-refractivity contribution < 1.29 is 19.7 Å². The minimum absolute atomic E-state index is 0.0258. The Kier molecular flexibility index (Phi) is 3.37. The van der Waals surface area contributed by atoms with Gasteiger partial charge in [0.15, 0.2) is 10.8 Å². The van der Waals surface area contributed by atoms with E-state index in [4.69, 9.17) is 9.84 Å². The molecule has 0 bridgehead atoms. The van der Waals surface area contributed by atoms with Gasteiger partial charge in [0, 0.05) is 11.9 Å². The molecule has 0 amide bonds. The molecule has 0 spiro atoms. The Hall–Kier alpha value is -1.18. The molecule has 2 rings (SSSR count). The summed E-state index contributed by atoms with van der Waals surface area (Å²) in [5, 5.41) is 20.1. The van der Waals surface area contributed by atoms with Crippen LogP contribution in [0.1, 0.15) is 10.5 Å². The lowest BCUT2D eigenvalue weighted by Gasteiger charge is -2.34. The average Bonchev–Trinajstić information content (AvgIpc) is 2.78. The summed E-state index contributed by atoms with van der Waals surface area (Å²) in [5.41, 5.74) is 0.0446. The molecule has 0 aliphatic carbocycles. The summed E-state index contributed by atoms with van der Waals surface area (Å²) in [6.07, 6.45) is 0. The number of carboxylic acids is 1. The van der Waals surface area contributed by atoms with E-state index < -0.39 is 5.97 Å². The molecule has 0 aromatic carbocycles. The summed E-state index contributed by atoms with van der Waals surface area (Å²) < 4.78 is 5.24. The van der Waals surface area contributed by atoms with E-state index >= 15 is 0 Å². The molecule has 16 heavy (non-hydrogen) atoms. The van der Waals surface area contributed by atoms with Crippen LogP contribution in [0.4, 0.5) is 5.13 Å². The summed E-state index contributed by atoms with van der Waals surface area (Å²) in [7, 11) is 0. The Morgan fingerprint density at radius 1 is 1.75 bits per heavy atom. The number of anilines is 1. The van der Waals surface area contributed by atoms with Gasteiger partial charge in [-0.15, -0.1) is 11.3 Å². The zero-order chi connectivity index (χ0) is 11.5. The number of morpholine rings is 1.